The van der Waals surface area contributed by atoms with E-state index in [1.807, 2.05) is 24.4 Å². The summed E-state index contributed by atoms with van der Waals surface area (Å²) in [4.78, 5) is 3.18. The average molecular weight is 190 g/mol. The molecule has 0 aliphatic heterocycles. The van der Waals surface area contributed by atoms with Crippen LogP contribution in [0.15, 0.2) is 24.4 Å². The fraction of sp³-hybridized carbons (Fsp3) is 0.273. The summed E-state index contributed by atoms with van der Waals surface area (Å²) < 4.78 is 0. The molecule has 1 heterocycles. The Morgan fingerprint density at radius 3 is 2.86 bits per heavy atom. The Morgan fingerprint density at radius 1 is 1.29 bits per heavy atom. The van der Waals surface area contributed by atoms with Crippen molar-refractivity contribution in [1.29, 1.82) is 0 Å². The van der Waals surface area contributed by atoms with Gasteiger partial charge in [-0.3, -0.25) is 0 Å². The van der Waals surface area contributed by atoms with E-state index in [1.165, 1.54) is 5.56 Å². The number of H-pyrrole nitrogens is 1. The van der Waals surface area contributed by atoms with Crippen molar-refractivity contribution in [2.75, 3.05) is 6.54 Å². The number of benzene rings is 1. The molecule has 4 N–H and O–H groups in total. The van der Waals surface area contributed by atoms with Gasteiger partial charge in [0.05, 0.1) is 6.61 Å². The molecule has 74 valence electrons. The van der Waals surface area contributed by atoms with Crippen LogP contribution in [0.5, 0.6) is 0 Å². The second kappa shape index (κ2) is 3.82. The number of rotatable bonds is 3. The zero-order valence-corrected chi connectivity index (χ0v) is 7.96. The molecular formula is C11H14N2O. The lowest BCUT2D eigenvalue weighted by atomic mass is 10.1. The van der Waals surface area contributed by atoms with Crippen LogP contribution in [0.25, 0.3) is 10.9 Å². The number of fused-ring (bicyclic) bond motifs is 1. The predicted molar refractivity (Wildman–Crippen MR) is 57.0 cm³/mol. The monoisotopic (exact) mass is 190 g/mol. The third-order valence-corrected chi connectivity index (χ3v) is 2.46. The largest absolute Gasteiger partial charge is 0.392 e. The van der Waals surface area contributed by atoms with E-state index in [4.69, 9.17) is 5.73 Å². The fourth-order valence-electron chi connectivity index (χ4n) is 1.82. The van der Waals surface area contributed by atoms with Gasteiger partial charge in [-0.1, -0.05) is 12.1 Å². The highest BCUT2D eigenvalue weighted by molar-refractivity contribution is 5.86. The minimum absolute atomic E-state index is 0.0762. The van der Waals surface area contributed by atoms with Crippen molar-refractivity contribution >= 4 is 10.9 Å². The van der Waals surface area contributed by atoms with Crippen LogP contribution in [0, 0.1) is 0 Å². The summed E-state index contributed by atoms with van der Waals surface area (Å²) in [6.45, 7) is 0.708. The van der Waals surface area contributed by atoms with Gasteiger partial charge in [0, 0.05) is 17.1 Å². The molecule has 0 fully saturated rings. The van der Waals surface area contributed by atoms with E-state index in [1.54, 1.807) is 0 Å². The first kappa shape index (κ1) is 9.24. The van der Waals surface area contributed by atoms with Crippen molar-refractivity contribution in [2.24, 2.45) is 5.73 Å². The third kappa shape index (κ3) is 1.41. The van der Waals surface area contributed by atoms with Crippen LogP contribution in [-0.4, -0.2) is 16.6 Å². The molecule has 0 aliphatic carbocycles. The number of hydrogen-bond acceptors (Lipinski definition) is 2. The first-order valence-electron chi connectivity index (χ1n) is 4.75. The number of nitrogens with two attached hydrogens (primary N) is 1. The maximum atomic E-state index is 9.20. The highest BCUT2D eigenvalue weighted by atomic mass is 16.3. The molecule has 14 heavy (non-hydrogen) atoms. The molecule has 0 aliphatic rings. The Kier molecular flexibility index (Phi) is 2.52. The smallest absolute Gasteiger partial charge is 0.0688 e. The van der Waals surface area contributed by atoms with E-state index in [9.17, 15) is 5.11 Å². The number of aliphatic hydroxyl groups is 1. The molecule has 2 rings (SSSR count). The van der Waals surface area contributed by atoms with Crippen molar-refractivity contribution in [3.05, 3.63) is 35.5 Å². The Morgan fingerprint density at radius 2 is 2.14 bits per heavy atom. The summed E-state index contributed by atoms with van der Waals surface area (Å²) in [7, 11) is 0. The van der Waals surface area contributed by atoms with Gasteiger partial charge in [0.25, 0.3) is 0 Å². The number of hydrogen-bond donors (Lipinski definition) is 3. The average Bonchev–Trinajstić information content (AvgIpc) is 2.62. The highest BCUT2D eigenvalue weighted by Crippen LogP contribution is 2.22. The van der Waals surface area contributed by atoms with Gasteiger partial charge in [-0.05, 0) is 30.2 Å². The first-order valence-corrected chi connectivity index (χ1v) is 4.75. The molecule has 0 radical (unpaired) electrons. The maximum absolute atomic E-state index is 9.20. The van der Waals surface area contributed by atoms with Crippen LogP contribution in [0.2, 0.25) is 0 Å². The number of aliphatic hydroxyl groups excluding tert-OH is 1. The molecule has 0 bridgehead atoms. The van der Waals surface area contributed by atoms with Crippen molar-refractivity contribution in [3.8, 4) is 0 Å². The minimum Gasteiger partial charge on any atom is -0.392 e. The molecule has 1 aromatic heterocycles. The number of nitrogens with one attached hydrogen (secondary N) is 1. The molecule has 0 atom stereocenters. The van der Waals surface area contributed by atoms with Crippen molar-refractivity contribution in [1.82, 2.24) is 4.98 Å². The molecule has 0 unspecified atom stereocenters. The van der Waals surface area contributed by atoms with Crippen molar-refractivity contribution in [3.63, 3.8) is 0 Å². The van der Waals surface area contributed by atoms with Gasteiger partial charge in [-0.15, -0.1) is 0 Å². The van der Waals surface area contributed by atoms with E-state index in [-0.39, 0.29) is 6.61 Å². The van der Waals surface area contributed by atoms with E-state index >= 15 is 0 Å². The Balaban J connectivity index is 2.62. The summed E-state index contributed by atoms with van der Waals surface area (Å²) in [6.07, 6.45) is 2.81. The van der Waals surface area contributed by atoms with Crippen molar-refractivity contribution in [2.45, 2.75) is 13.0 Å². The van der Waals surface area contributed by atoms with Crippen LogP contribution in [0.4, 0.5) is 0 Å². The normalized spacial score (nSPS) is 11.0. The molecule has 0 spiro atoms. The number of aromatic nitrogens is 1. The Labute approximate surface area is 82.6 Å². The van der Waals surface area contributed by atoms with Crippen LogP contribution in [0.1, 0.15) is 11.1 Å². The molecule has 3 nitrogen and oxygen atoms in total. The van der Waals surface area contributed by atoms with Gasteiger partial charge in [0.15, 0.2) is 0 Å². The summed E-state index contributed by atoms with van der Waals surface area (Å²) in [5.41, 5.74) is 8.75. The van der Waals surface area contributed by atoms with E-state index in [2.05, 4.69) is 4.98 Å². The SMILES string of the molecule is NCCc1c[nH]c2cccc(CO)c12. The molecule has 0 saturated heterocycles. The summed E-state index contributed by atoms with van der Waals surface area (Å²) in [5, 5.41) is 10.3. The second-order valence-corrected chi connectivity index (χ2v) is 3.35. The van der Waals surface area contributed by atoms with Gasteiger partial charge in [0.2, 0.25) is 0 Å². The lowest BCUT2D eigenvalue weighted by Crippen LogP contribution is -2.02. The molecule has 3 heteroatoms. The lowest BCUT2D eigenvalue weighted by molar-refractivity contribution is 0.283. The molecule has 0 amide bonds. The van der Waals surface area contributed by atoms with Gasteiger partial charge in [0.1, 0.15) is 0 Å². The Hall–Kier alpha value is -1.32. The molecule has 1 aromatic carbocycles. The van der Waals surface area contributed by atoms with E-state index in [0.717, 1.165) is 22.9 Å². The fourth-order valence-corrected chi connectivity index (χ4v) is 1.82. The topological polar surface area (TPSA) is 62.0 Å². The van der Waals surface area contributed by atoms with Gasteiger partial charge in [-0.25, -0.2) is 0 Å². The third-order valence-electron chi connectivity index (χ3n) is 2.46. The first-order chi connectivity index (χ1) is 6.86. The lowest BCUT2D eigenvalue weighted by Gasteiger charge is -2.01. The quantitative estimate of drug-likeness (QED) is 0.680. The zero-order valence-electron chi connectivity index (χ0n) is 7.96. The molecule has 2 aromatic rings. The van der Waals surface area contributed by atoms with E-state index < -0.39 is 0 Å². The van der Waals surface area contributed by atoms with Crippen molar-refractivity contribution < 1.29 is 5.11 Å². The predicted octanol–water partition coefficient (Wildman–Crippen LogP) is 1.16. The van der Waals surface area contributed by atoms with Crippen LogP contribution in [-0.2, 0) is 13.0 Å². The minimum atomic E-state index is 0.0762. The maximum Gasteiger partial charge on any atom is 0.0688 e. The molecular weight excluding hydrogens is 176 g/mol. The summed E-state index contributed by atoms with van der Waals surface area (Å²) >= 11 is 0. The zero-order chi connectivity index (χ0) is 9.97. The van der Waals surface area contributed by atoms with Gasteiger partial charge in [-0.2, -0.15) is 0 Å². The molecule has 0 saturated carbocycles. The van der Waals surface area contributed by atoms with Crippen LogP contribution in [0.3, 0.4) is 0 Å². The summed E-state index contributed by atoms with van der Waals surface area (Å²) in [5.74, 6) is 0. The van der Waals surface area contributed by atoms with Gasteiger partial charge >= 0.3 is 0 Å². The van der Waals surface area contributed by atoms with E-state index in [0.29, 0.717) is 6.54 Å². The standard InChI is InChI=1S/C11H14N2O/c12-5-4-8-6-13-10-3-1-2-9(7-14)11(8)10/h1-3,6,13-14H,4-5,7,12H2. The highest BCUT2D eigenvalue weighted by Gasteiger charge is 2.06. The summed E-state index contributed by atoms with van der Waals surface area (Å²) in [6, 6.07) is 5.89. The number of aromatic amines is 1. The second-order valence-electron chi connectivity index (χ2n) is 3.35. The van der Waals surface area contributed by atoms with Crippen LogP contribution < -0.4 is 5.73 Å². The Bertz CT molecular complexity index is 434. The van der Waals surface area contributed by atoms with Crippen LogP contribution >= 0.6 is 0 Å². The van der Waals surface area contributed by atoms with Gasteiger partial charge < -0.3 is 15.8 Å².